The van der Waals surface area contributed by atoms with Crippen LogP contribution in [0.15, 0.2) is 54.9 Å². The van der Waals surface area contributed by atoms with E-state index in [1.165, 1.54) is 6.33 Å². The second-order valence-corrected chi connectivity index (χ2v) is 5.46. The van der Waals surface area contributed by atoms with Crippen LogP contribution in [0.2, 0.25) is 0 Å². The van der Waals surface area contributed by atoms with Crippen molar-refractivity contribution in [1.29, 1.82) is 0 Å². The molecule has 116 valence electrons. The summed E-state index contributed by atoms with van der Waals surface area (Å²) >= 11 is 0. The number of carbonyl (C=O) groups excluding carboxylic acids is 1. The fraction of sp³-hybridized carbons (Fsp3) is 0.167. The van der Waals surface area contributed by atoms with Crippen molar-refractivity contribution >= 4 is 28.3 Å². The summed E-state index contributed by atoms with van der Waals surface area (Å²) in [6.45, 7) is 3.82. The molecule has 1 heterocycles. The average Bonchev–Trinajstić information content (AvgIpc) is 2.57. The Labute approximate surface area is 134 Å². The summed E-state index contributed by atoms with van der Waals surface area (Å²) in [4.78, 5) is 20.8. The smallest absolute Gasteiger partial charge is 0.246 e. The van der Waals surface area contributed by atoms with E-state index in [9.17, 15) is 4.79 Å². The number of benzene rings is 2. The van der Waals surface area contributed by atoms with Crippen molar-refractivity contribution in [3.63, 3.8) is 0 Å². The van der Waals surface area contributed by atoms with Crippen LogP contribution < -0.4 is 10.6 Å². The molecular formula is C18H18N4O. The number of anilines is 2. The second-order valence-electron chi connectivity index (χ2n) is 5.46. The first-order chi connectivity index (χ1) is 11.1. The summed E-state index contributed by atoms with van der Waals surface area (Å²) in [5.41, 5.74) is 2.78. The monoisotopic (exact) mass is 306 g/mol. The number of hydrogen-bond acceptors (Lipinski definition) is 4. The van der Waals surface area contributed by atoms with Gasteiger partial charge in [-0.25, -0.2) is 9.97 Å². The molecule has 0 saturated heterocycles. The molecule has 0 bridgehead atoms. The van der Waals surface area contributed by atoms with Crippen LogP contribution in [0, 0.1) is 6.92 Å². The Bertz CT molecular complexity index is 825. The zero-order chi connectivity index (χ0) is 16.2. The SMILES string of the molecule is Cc1ccc(NC(=O)C(C)Nc2ncnc3ccccc23)cc1. The Morgan fingerprint density at radius 2 is 1.78 bits per heavy atom. The van der Waals surface area contributed by atoms with E-state index in [1.54, 1.807) is 6.92 Å². The highest BCUT2D eigenvalue weighted by atomic mass is 16.2. The molecular weight excluding hydrogens is 288 g/mol. The number of fused-ring (bicyclic) bond motifs is 1. The molecule has 3 aromatic rings. The van der Waals surface area contributed by atoms with Gasteiger partial charge in [0.1, 0.15) is 18.2 Å². The lowest BCUT2D eigenvalue weighted by Gasteiger charge is -2.15. The summed E-state index contributed by atoms with van der Waals surface area (Å²) < 4.78 is 0. The number of nitrogens with one attached hydrogen (secondary N) is 2. The average molecular weight is 306 g/mol. The van der Waals surface area contributed by atoms with Crippen molar-refractivity contribution in [2.24, 2.45) is 0 Å². The Morgan fingerprint density at radius 3 is 2.57 bits per heavy atom. The second kappa shape index (κ2) is 6.44. The number of aromatic nitrogens is 2. The molecule has 0 saturated carbocycles. The minimum absolute atomic E-state index is 0.114. The lowest BCUT2D eigenvalue weighted by molar-refractivity contribution is -0.116. The van der Waals surface area contributed by atoms with Crippen molar-refractivity contribution < 1.29 is 4.79 Å². The zero-order valence-corrected chi connectivity index (χ0v) is 13.1. The van der Waals surface area contributed by atoms with Crippen molar-refractivity contribution in [2.45, 2.75) is 19.9 Å². The highest BCUT2D eigenvalue weighted by Crippen LogP contribution is 2.19. The maximum absolute atomic E-state index is 12.3. The lowest BCUT2D eigenvalue weighted by atomic mass is 10.2. The predicted octanol–water partition coefficient (Wildman–Crippen LogP) is 3.38. The van der Waals surface area contributed by atoms with Gasteiger partial charge in [-0.1, -0.05) is 29.8 Å². The van der Waals surface area contributed by atoms with Crippen molar-refractivity contribution in [2.75, 3.05) is 10.6 Å². The molecule has 1 unspecified atom stereocenters. The van der Waals surface area contributed by atoms with Gasteiger partial charge in [-0.2, -0.15) is 0 Å². The van der Waals surface area contributed by atoms with E-state index in [0.29, 0.717) is 5.82 Å². The van der Waals surface area contributed by atoms with Crippen LogP contribution in [0.25, 0.3) is 10.9 Å². The third-order valence-corrected chi connectivity index (χ3v) is 3.61. The molecule has 2 aromatic carbocycles. The first-order valence-electron chi connectivity index (χ1n) is 7.47. The fourth-order valence-corrected chi connectivity index (χ4v) is 2.28. The van der Waals surface area contributed by atoms with Gasteiger partial charge >= 0.3 is 0 Å². The highest BCUT2D eigenvalue weighted by molar-refractivity contribution is 5.98. The number of amides is 1. The summed E-state index contributed by atoms with van der Waals surface area (Å²) in [5, 5.41) is 6.94. The quantitative estimate of drug-likeness (QED) is 0.775. The third-order valence-electron chi connectivity index (χ3n) is 3.61. The van der Waals surface area contributed by atoms with Crippen molar-refractivity contribution in [1.82, 2.24) is 9.97 Å². The fourth-order valence-electron chi connectivity index (χ4n) is 2.28. The standard InChI is InChI=1S/C18H18N4O/c1-12-7-9-14(10-8-12)22-18(23)13(2)21-17-15-5-3-4-6-16(15)19-11-20-17/h3-11,13H,1-2H3,(H,22,23)(H,19,20,21). The van der Waals surface area contributed by atoms with E-state index in [2.05, 4.69) is 20.6 Å². The zero-order valence-electron chi connectivity index (χ0n) is 13.1. The van der Waals surface area contributed by atoms with Crippen LogP contribution in [-0.4, -0.2) is 21.9 Å². The summed E-state index contributed by atoms with van der Waals surface area (Å²) in [7, 11) is 0. The molecule has 0 aliphatic carbocycles. The van der Waals surface area contributed by atoms with E-state index in [-0.39, 0.29) is 5.91 Å². The van der Waals surface area contributed by atoms with Crippen LogP contribution in [0.3, 0.4) is 0 Å². The van der Waals surface area contributed by atoms with Gasteiger partial charge in [0, 0.05) is 11.1 Å². The number of hydrogen-bond donors (Lipinski definition) is 2. The predicted molar refractivity (Wildman–Crippen MR) is 92.4 cm³/mol. The van der Waals surface area contributed by atoms with Crippen LogP contribution in [-0.2, 0) is 4.79 Å². The van der Waals surface area contributed by atoms with Crippen LogP contribution in [0.1, 0.15) is 12.5 Å². The Morgan fingerprint density at radius 1 is 1.04 bits per heavy atom. The molecule has 0 radical (unpaired) electrons. The molecule has 23 heavy (non-hydrogen) atoms. The number of para-hydroxylation sites is 1. The maximum Gasteiger partial charge on any atom is 0.246 e. The maximum atomic E-state index is 12.3. The first-order valence-corrected chi connectivity index (χ1v) is 7.47. The summed E-state index contributed by atoms with van der Waals surface area (Å²) in [6.07, 6.45) is 1.50. The van der Waals surface area contributed by atoms with Crippen LogP contribution in [0.5, 0.6) is 0 Å². The number of aryl methyl sites for hydroxylation is 1. The number of nitrogens with zero attached hydrogens (tertiary/aromatic N) is 2. The Balaban J connectivity index is 1.73. The topological polar surface area (TPSA) is 66.9 Å². The van der Waals surface area contributed by atoms with E-state index in [1.807, 2.05) is 55.5 Å². The van der Waals surface area contributed by atoms with Crippen LogP contribution >= 0.6 is 0 Å². The van der Waals surface area contributed by atoms with E-state index in [4.69, 9.17) is 0 Å². The molecule has 5 nitrogen and oxygen atoms in total. The number of rotatable bonds is 4. The summed E-state index contributed by atoms with van der Waals surface area (Å²) in [6, 6.07) is 15.0. The molecule has 2 N–H and O–H groups in total. The van der Waals surface area contributed by atoms with Gasteiger partial charge in [-0.15, -0.1) is 0 Å². The van der Waals surface area contributed by atoms with Crippen LogP contribution in [0.4, 0.5) is 11.5 Å². The van der Waals surface area contributed by atoms with Gasteiger partial charge in [-0.3, -0.25) is 4.79 Å². The van der Waals surface area contributed by atoms with E-state index in [0.717, 1.165) is 22.2 Å². The van der Waals surface area contributed by atoms with Gasteiger partial charge in [0.25, 0.3) is 0 Å². The van der Waals surface area contributed by atoms with Crippen molar-refractivity contribution in [3.8, 4) is 0 Å². The molecule has 3 rings (SSSR count). The highest BCUT2D eigenvalue weighted by Gasteiger charge is 2.14. The minimum atomic E-state index is -0.422. The summed E-state index contributed by atoms with van der Waals surface area (Å²) in [5.74, 6) is 0.540. The molecule has 0 aliphatic heterocycles. The third kappa shape index (κ3) is 3.45. The lowest BCUT2D eigenvalue weighted by Crippen LogP contribution is -2.32. The Hall–Kier alpha value is -2.95. The molecule has 1 aromatic heterocycles. The van der Waals surface area contributed by atoms with Gasteiger partial charge in [0.15, 0.2) is 0 Å². The molecule has 1 amide bonds. The first kappa shape index (κ1) is 15.0. The normalized spacial score (nSPS) is 11.9. The number of carbonyl (C=O) groups is 1. The van der Waals surface area contributed by atoms with E-state index < -0.39 is 6.04 Å². The van der Waals surface area contributed by atoms with Gasteiger partial charge in [0.05, 0.1) is 5.52 Å². The van der Waals surface area contributed by atoms with Gasteiger partial charge in [0.2, 0.25) is 5.91 Å². The van der Waals surface area contributed by atoms with Crippen molar-refractivity contribution in [3.05, 3.63) is 60.4 Å². The largest absolute Gasteiger partial charge is 0.358 e. The van der Waals surface area contributed by atoms with Gasteiger partial charge < -0.3 is 10.6 Å². The molecule has 5 heteroatoms. The Kier molecular flexibility index (Phi) is 4.19. The molecule has 0 aliphatic rings. The van der Waals surface area contributed by atoms with E-state index >= 15 is 0 Å². The van der Waals surface area contributed by atoms with Gasteiger partial charge in [-0.05, 0) is 38.1 Å². The molecule has 0 spiro atoms. The molecule has 1 atom stereocenters. The minimum Gasteiger partial charge on any atom is -0.358 e. The molecule has 0 fully saturated rings.